The number of nitrogens with two attached hydrogens (primary N) is 1. The molecule has 7 heteroatoms. The third-order valence-electron chi connectivity index (χ3n) is 5.98. The number of carboxylic acid groups (broad SMARTS) is 1. The zero-order valence-electron chi connectivity index (χ0n) is 16.1. The molecule has 1 aromatic rings. The van der Waals surface area contributed by atoms with Gasteiger partial charge in [-0.3, -0.25) is 9.59 Å². The van der Waals surface area contributed by atoms with Crippen molar-refractivity contribution in [2.24, 2.45) is 11.7 Å². The van der Waals surface area contributed by atoms with E-state index in [1.807, 2.05) is 0 Å². The first-order valence-corrected chi connectivity index (χ1v) is 10.1. The van der Waals surface area contributed by atoms with Crippen molar-refractivity contribution >= 4 is 17.8 Å². The van der Waals surface area contributed by atoms with Crippen molar-refractivity contribution in [3.8, 4) is 0 Å². The van der Waals surface area contributed by atoms with E-state index >= 15 is 0 Å². The molecule has 2 aliphatic rings. The third-order valence-corrected chi connectivity index (χ3v) is 5.98. The van der Waals surface area contributed by atoms with Gasteiger partial charge in [-0.05, 0) is 43.2 Å². The van der Waals surface area contributed by atoms with Crippen LogP contribution >= 0.6 is 0 Å². The number of carboxylic acids is 1. The normalized spacial score (nSPS) is 21.3. The van der Waals surface area contributed by atoms with E-state index in [0.717, 1.165) is 32.1 Å². The van der Waals surface area contributed by atoms with E-state index in [4.69, 9.17) is 5.73 Å². The highest BCUT2D eigenvalue weighted by Gasteiger charge is 2.38. The van der Waals surface area contributed by atoms with E-state index in [-0.39, 0.29) is 29.8 Å². The summed E-state index contributed by atoms with van der Waals surface area (Å²) in [6, 6.07) is 5.51. The summed E-state index contributed by atoms with van der Waals surface area (Å²) >= 11 is 0. The highest BCUT2D eigenvalue weighted by Crippen LogP contribution is 2.28. The average Bonchev–Trinajstić information content (AvgIpc) is 3.21. The fourth-order valence-corrected chi connectivity index (χ4v) is 4.37. The molecule has 2 fully saturated rings. The maximum Gasteiger partial charge on any atom is 0.336 e. The molecule has 1 aliphatic carbocycles. The molecule has 1 heterocycles. The predicted octanol–water partition coefficient (Wildman–Crippen LogP) is 1.90. The Kier molecular flexibility index (Phi) is 6.67. The first kappa shape index (κ1) is 20.3. The van der Waals surface area contributed by atoms with Gasteiger partial charge < -0.3 is 21.1 Å². The predicted molar refractivity (Wildman–Crippen MR) is 105 cm³/mol. The summed E-state index contributed by atoms with van der Waals surface area (Å²) in [6.45, 7) is 0.664. The van der Waals surface area contributed by atoms with E-state index in [1.165, 1.54) is 12.5 Å². The highest BCUT2D eigenvalue weighted by molar-refractivity contribution is 5.91. The summed E-state index contributed by atoms with van der Waals surface area (Å²) in [5.41, 5.74) is 6.97. The standard InChI is InChI=1S/C21H29N3O4/c22-18(14-7-2-1-3-8-14)20(26)24-12-6-11-17(24)19(25)23-13-15-9-4-5-10-16(15)21(27)28/h4-5,9-10,14,17-18H,1-3,6-8,11-13,22H2,(H,23,25)(H,27,28)/t17-,18?/m0/s1. The van der Waals surface area contributed by atoms with Gasteiger partial charge in [0, 0.05) is 13.1 Å². The molecule has 1 saturated carbocycles. The molecule has 1 aromatic carbocycles. The van der Waals surface area contributed by atoms with Crippen LogP contribution in [0, 0.1) is 5.92 Å². The van der Waals surface area contributed by atoms with Crippen molar-refractivity contribution in [3.05, 3.63) is 35.4 Å². The Morgan fingerprint density at radius 1 is 1.11 bits per heavy atom. The van der Waals surface area contributed by atoms with Crippen LogP contribution < -0.4 is 11.1 Å². The number of nitrogens with one attached hydrogen (secondary N) is 1. The first-order valence-electron chi connectivity index (χ1n) is 10.1. The summed E-state index contributed by atoms with van der Waals surface area (Å²) in [4.78, 5) is 38.6. The van der Waals surface area contributed by atoms with E-state index in [2.05, 4.69) is 5.32 Å². The average molecular weight is 387 g/mol. The Balaban J connectivity index is 1.61. The zero-order chi connectivity index (χ0) is 20.1. The van der Waals surface area contributed by atoms with Gasteiger partial charge in [-0.1, -0.05) is 37.5 Å². The molecule has 2 amide bonds. The summed E-state index contributed by atoms with van der Waals surface area (Å²) < 4.78 is 0. The topological polar surface area (TPSA) is 113 Å². The molecule has 0 bridgehead atoms. The minimum absolute atomic E-state index is 0.120. The number of hydrogen-bond acceptors (Lipinski definition) is 4. The monoisotopic (exact) mass is 387 g/mol. The van der Waals surface area contributed by atoms with Crippen molar-refractivity contribution in [1.29, 1.82) is 0 Å². The molecule has 2 atom stereocenters. The Hall–Kier alpha value is -2.41. The van der Waals surface area contributed by atoms with Crippen molar-refractivity contribution in [2.45, 2.75) is 63.6 Å². The number of aromatic carboxylic acids is 1. The molecular formula is C21H29N3O4. The van der Waals surface area contributed by atoms with Gasteiger partial charge in [0.1, 0.15) is 6.04 Å². The van der Waals surface area contributed by atoms with Crippen LogP contribution in [0.3, 0.4) is 0 Å². The first-order chi connectivity index (χ1) is 13.5. The summed E-state index contributed by atoms with van der Waals surface area (Å²) in [5, 5.41) is 12.1. The maximum atomic E-state index is 12.9. The van der Waals surface area contributed by atoms with Crippen molar-refractivity contribution < 1.29 is 19.5 Å². The molecule has 28 heavy (non-hydrogen) atoms. The second-order valence-electron chi connectivity index (χ2n) is 7.79. The van der Waals surface area contributed by atoms with Crippen molar-refractivity contribution in [1.82, 2.24) is 10.2 Å². The fourth-order valence-electron chi connectivity index (χ4n) is 4.37. The van der Waals surface area contributed by atoms with Gasteiger partial charge in [-0.25, -0.2) is 4.79 Å². The van der Waals surface area contributed by atoms with Gasteiger partial charge in [0.2, 0.25) is 11.8 Å². The lowest BCUT2D eigenvalue weighted by atomic mass is 9.83. The largest absolute Gasteiger partial charge is 0.478 e. The smallest absolute Gasteiger partial charge is 0.336 e. The molecule has 1 saturated heterocycles. The van der Waals surface area contributed by atoms with Crippen molar-refractivity contribution in [2.75, 3.05) is 6.54 Å². The number of benzene rings is 1. The van der Waals surface area contributed by atoms with Crippen LogP contribution in [0.15, 0.2) is 24.3 Å². The number of nitrogens with zero attached hydrogens (tertiary/aromatic N) is 1. The third kappa shape index (κ3) is 4.52. The van der Waals surface area contributed by atoms with Gasteiger partial charge in [0.05, 0.1) is 11.6 Å². The molecule has 0 spiro atoms. The second-order valence-corrected chi connectivity index (χ2v) is 7.79. The maximum absolute atomic E-state index is 12.9. The summed E-state index contributed by atoms with van der Waals surface area (Å²) in [7, 11) is 0. The second kappa shape index (κ2) is 9.19. The molecular weight excluding hydrogens is 358 g/mol. The molecule has 1 unspecified atom stereocenters. The van der Waals surface area contributed by atoms with Crippen LogP contribution in [0.1, 0.15) is 60.9 Å². The molecule has 7 nitrogen and oxygen atoms in total. The summed E-state index contributed by atoms with van der Waals surface area (Å²) in [5.74, 6) is -1.20. The van der Waals surface area contributed by atoms with E-state index in [9.17, 15) is 19.5 Å². The Bertz CT molecular complexity index is 730. The fraction of sp³-hybridized carbons (Fsp3) is 0.571. The van der Waals surface area contributed by atoms with Gasteiger partial charge in [0.25, 0.3) is 0 Å². The SMILES string of the molecule is NC(C(=O)N1CCC[C@H]1C(=O)NCc1ccccc1C(=O)O)C1CCCCC1. The quantitative estimate of drug-likeness (QED) is 0.690. The zero-order valence-corrected chi connectivity index (χ0v) is 16.1. The van der Waals surface area contributed by atoms with Crippen LogP contribution in [0.4, 0.5) is 0 Å². The molecule has 0 radical (unpaired) electrons. The van der Waals surface area contributed by atoms with Gasteiger partial charge in [-0.15, -0.1) is 0 Å². The lowest BCUT2D eigenvalue weighted by Crippen LogP contribution is -2.53. The Morgan fingerprint density at radius 3 is 2.54 bits per heavy atom. The van der Waals surface area contributed by atoms with Crippen molar-refractivity contribution in [3.63, 3.8) is 0 Å². The lowest BCUT2D eigenvalue weighted by molar-refractivity contribution is -0.140. The number of likely N-dealkylation sites (tertiary alicyclic amines) is 1. The summed E-state index contributed by atoms with van der Waals surface area (Å²) in [6.07, 6.45) is 6.75. The van der Waals surface area contributed by atoms with Crippen LogP contribution in [-0.4, -0.2) is 46.4 Å². The van der Waals surface area contributed by atoms with Crippen LogP contribution in [0.25, 0.3) is 0 Å². The Morgan fingerprint density at radius 2 is 1.82 bits per heavy atom. The molecule has 152 valence electrons. The van der Waals surface area contributed by atoms with E-state index < -0.39 is 18.1 Å². The highest BCUT2D eigenvalue weighted by atomic mass is 16.4. The van der Waals surface area contributed by atoms with Crippen LogP contribution in [-0.2, 0) is 16.1 Å². The molecule has 1 aliphatic heterocycles. The number of carbonyl (C=O) groups excluding carboxylic acids is 2. The number of hydrogen-bond donors (Lipinski definition) is 3. The number of carbonyl (C=O) groups is 3. The van der Waals surface area contributed by atoms with Crippen LogP contribution in [0.2, 0.25) is 0 Å². The van der Waals surface area contributed by atoms with E-state index in [0.29, 0.717) is 18.5 Å². The van der Waals surface area contributed by atoms with Gasteiger partial charge in [0.15, 0.2) is 0 Å². The molecule has 4 N–H and O–H groups in total. The molecule has 3 rings (SSSR count). The minimum atomic E-state index is -1.03. The molecule has 0 aromatic heterocycles. The van der Waals surface area contributed by atoms with Crippen LogP contribution in [0.5, 0.6) is 0 Å². The number of rotatable bonds is 6. The van der Waals surface area contributed by atoms with Gasteiger partial charge in [-0.2, -0.15) is 0 Å². The minimum Gasteiger partial charge on any atom is -0.478 e. The number of amides is 2. The Labute approximate surface area is 165 Å². The lowest BCUT2D eigenvalue weighted by Gasteiger charge is -2.32. The van der Waals surface area contributed by atoms with Gasteiger partial charge >= 0.3 is 5.97 Å². The van der Waals surface area contributed by atoms with E-state index in [1.54, 1.807) is 23.1 Å².